The molecule has 4 rings (SSSR count). The first-order chi connectivity index (χ1) is 15.0. The van der Waals surface area contributed by atoms with E-state index >= 15 is 0 Å². The molecule has 0 aliphatic heterocycles. The number of nitrogens with zero attached hydrogens (tertiary/aromatic N) is 4. The molecule has 0 bridgehead atoms. The zero-order chi connectivity index (χ0) is 22.0. The second kappa shape index (κ2) is 8.35. The van der Waals surface area contributed by atoms with Crippen molar-refractivity contribution in [3.05, 3.63) is 78.5 Å². The Labute approximate surface area is 178 Å². The predicted molar refractivity (Wildman–Crippen MR) is 116 cm³/mol. The fourth-order valence-electron chi connectivity index (χ4n) is 3.15. The summed E-state index contributed by atoms with van der Waals surface area (Å²) in [6, 6.07) is 12.8. The first-order valence-electron chi connectivity index (χ1n) is 9.73. The van der Waals surface area contributed by atoms with Crippen molar-refractivity contribution in [1.82, 2.24) is 14.4 Å². The summed E-state index contributed by atoms with van der Waals surface area (Å²) < 4.78 is 15.0. The van der Waals surface area contributed by atoms with E-state index in [4.69, 9.17) is 0 Å². The van der Waals surface area contributed by atoms with Crippen LogP contribution < -0.4 is 10.2 Å². The number of hydrogen-bond acceptors (Lipinski definition) is 4. The van der Waals surface area contributed by atoms with Gasteiger partial charge in [0, 0.05) is 37.1 Å². The molecule has 3 aromatic heterocycles. The maximum Gasteiger partial charge on any atom is 0.259 e. The van der Waals surface area contributed by atoms with Gasteiger partial charge >= 0.3 is 0 Å². The first kappa shape index (κ1) is 20.2. The molecule has 0 atom stereocenters. The van der Waals surface area contributed by atoms with Gasteiger partial charge in [0.1, 0.15) is 17.3 Å². The summed E-state index contributed by atoms with van der Waals surface area (Å²) in [5.74, 6) is -0.225. The molecular weight excluding hydrogens is 397 g/mol. The number of amides is 2. The van der Waals surface area contributed by atoms with Gasteiger partial charge in [-0.05, 0) is 48.5 Å². The Morgan fingerprint density at radius 2 is 1.81 bits per heavy atom. The van der Waals surface area contributed by atoms with Gasteiger partial charge < -0.3 is 10.2 Å². The van der Waals surface area contributed by atoms with Crippen LogP contribution in [0.15, 0.2) is 67.1 Å². The second-order valence-electron chi connectivity index (χ2n) is 6.96. The highest BCUT2D eigenvalue weighted by Crippen LogP contribution is 2.23. The Morgan fingerprint density at radius 3 is 2.48 bits per heavy atom. The van der Waals surface area contributed by atoms with Gasteiger partial charge in [-0.15, -0.1) is 0 Å². The number of anilines is 2. The molecule has 0 aliphatic carbocycles. The van der Waals surface area contributed by atoms with E-state index in [0.717, 1.165) is 11.3 Å². The molecule has 7 nitrogen and oxygen atoms in total. The number of aromatic nitrogens is 3. The van der Waals surface area contributed by atoms with Gasteiger partial charge in [0.25, 0.3) is 5.91 Å². The molecule has 1 aromatic carbocycles. The highest BCUT2D eigenvalue weighted by atomic mass is 19.1. The average molecular weight is 417 g/mol. The fourth-order valence-corrected chi connectivity index (χ4v) is 3.15. The minimum absolute atomic E-state index is 0.108. The predicted octanol–water partition coefficient (Wildman–Crippen LogP) is 4.16. The zero-order valence-electron chi connectivity index (χ0n) is 17.0. The minimum atomic E-state index is -0.358. The molecule has 1 N–H and O–H groups in total. The maximum absolute atomic E-state index is 13.2. The highest BCUT2D eigenvalue weighted by molar-refractivity contribution is 6.05. The molecule has 0 saturated heterocycles. The molecule has 0 radical (unpaired) electrons. The van der Waals surface area contributed by atoms with Crippen LogP contribution in [0.25, 0.3) is 16.9 Å². The van der Waals surface area contributed by atoms with Crippen LogP contribution in [0.4, 0.5) is 15.9 Å². The Morgan fingerprint density at radius 1 is 1.03 bits per heavy atom. The van der Waals surface area contributed by atoms with Crippen molar-refractivity contribution in [2.24, 2.45) is 0 Å². The Bertz CT molecular complexity index is 1250. The van der Waals surface area contributed by atoms with Crippen molar-refractivity contribution in [2.75, 3.05) is 17.3 Å². The molecule has 3 heterocycles. The van der Waals surface area contributed by atoms with Crippen molar-refractivity contribution in [3.63, 3.8) is 0 Å². The molecule has 31 heavy (non-hydrogen) atoms. The van der Waals surface area contributed by atoms with Gasteiger partial charge in [-0.3, -0.25) is 14.0 Å². The average Bonchev–Trinajstić information content (AvgIpc) is 3.22. The lowest BCUT2D eigenvalue weighted by molar-refractivity contribution is -0.115. The van der Waals surface area contributed by atoms with Gasteiger partial charge in [0.2, 0.25) is 5.91 Å². The van der Waals surface area contributed by atoms with Gasteiger partial charge in [0.05, 0.1) is 17.5 Å². The Hall–Kier alpha value is -4.07. The maximum atomic E-state index is 13.2. The SMILES string of the molecule is CCC(=O)Nc1ccc(-c2cnc3ccc(C(=O)N(C)c4ccc(F)cc4)cn23)cn1. The summed E-state index contributed by atoms with van der Waals surface area (Å²) in [5.41, 5.74) is 3.28. The molecule has 0 aliphatic rings. The highest BCUT2D eigenvalue weighted by Gasteiger charge is 2.16. The summed E-state index contributed by atoms with van der Waals surface area (Å²) in [6.45, 7) is 1.77. The van der Waals surface area contributed by atoms with E-state index in [9.17, 15) is 14.0 Å². The van der Waals surface area contributed by atoms with E-state index in [-0.39, 0.29) is 17.6 Å². The minimum Gasteiger partial charge on any atom is -0.311 e. The van der Waals surface area contributed by atoms with Crippen molar-refractivity contribution < 1.29 is 14.0 Å². The van der Waals surface area contributed by atoms with E-state index < -0.39 is 0 Å². The van der Waals surface area contributed by atoms with Crippen LogP contribution >= 0.6 is 0 Å². The third kappa shape index (κ3) is 4.13. The van der Waals surface area contributed by atoms with E-state index in [1.54, 1.807) is 62.9 Å². The number of pyridine rings is 2. The van der Waals surface area contributed by atoms with E-state index in [0.29, 0.717) is 29.1 Å². The molecule has 0 fully saturated rings. The van der Waals surface area contributed by atoms with Crippen molar-refractivity contribution in [2.45, 2.75) is 13.3 Å². The Kier molecular flexibility index (Phi) is 5.44. The monoisotopic (exact) mass is 417 g/mol. The molecule has 0 spiro atoms. The summed E-state index contributed by atoms with van der Waals surface area (Å²) in [7, 11) is 1.64. The fraction of sp³-hybridized carbons (Fsp3) is 0.130. The topological polar surface area (TPSA) is 79.6 Å². The summed E-state index contributed by atoms with van der Waals surface area (Å²) in [5, 5.41) is 2.71. The van der Waals surface area contributed by atoms with Gasteiger partial charge in [0.15, 0.2) is 0 Å². The van der Waals surface area contributed by atoms with Gasteiger partial charge in [-0.1, -0.05) is 6.92 Å². The molecule has 0 unspecified atom stereocenters. The lowest BCUT2D eigenvalue weighted by Crippen LogP contribution is -2.26. The molecular formula is C23H20FN5O2. The lowest BCUT2D eigenvalue weighted by Gasteiger charge is -2.17. The smallest absolute Gasteiger partial charge is 0.259 e. The molecule has 4 aromatic rings. The Balaban J connectivity index is 1.64. The van der Waals surface area contributed by atoms with Crippen molar-refractivity contribution in [3.8, 4) is 11.3 Å². The van der Waals surface area contributed by atoms with E-state index in [1.165, 1.54) is 17.0 Å². The summed E-state index contributed by atoms with van der Waals surface area (Å²) >= 11 is 0. The van der Waals surface area contributed by atoms with Crippen LogP contribution in [0.1, 0.15) is 23.7 Å². The second-order valence-corrected chi connectivity index (χ2v) is 6.96. The van der Waals surface area contributed by atoms with E-state index in [2.05, 4.69) is 15.3 Å². The molecule has 156 valence electrons. The van der Waals surface area contributed by atoms with Crippen molar-refractivity contribution in [1.29, 1.82) is 0 Å². The summed E-state index contributed by atoms with van der Waals surface area (Å²) in [4.78, 5) is 34.6. The van der Waals surface area contributed by atoms with Crippen LogP contribution in [0, 0.1) is 5.82 Å². The van der Waals surface area contributed by atoms with E-state index in [1.807, 2.05) is 10.5 Å². The number of halogens is 1. The normalized spacial score (nSPS) is 10.8. The quantitative estimate of drug-likeness (QED) is 0.529. The number of carbonyl (C=O) groups is 2. The number of carbonyl (C=O) groups excluding carboxylic acids is 2. The van der Waals surface area contributed by atoms with Crippen LogP contribution in [0.5, 0.6) is 0 Å². The molecule has 0 saturated carbocycles. The number of benzene rings is 1. The van der Waals surface area contributed by atoms with Crippen molar-refractivity contribution >= 4 is 29.0 Å². The number of fused-ring (bicyclic) bond motifs is 1. The number of rotatable bonds is 5. The molecule has 2 amide bonds. The third-order valence-corrected chi connectivity index (χ3v) is 4.92. The molecule has 8 heteroatoms. The van der Waals surface area contributed by atoms with Crippen LogP contribution in [-0.4, -0.2) is 33.2 Å². The standard InChI is InChI=1S/C23H20FN5O2/c1-3-22(30)27-20-10-4-15(12-25-20)19-13-26-21-11-5-16(14-29(19)21)23(31)28(2)18-8-6-17(24)7-9-18/h4-14H,3H2,1-2H3,(H,25,27,30). The first-order valence-corrected chi connectivity index (χ1v) is 9.73. The third-order valence-electron chi connectivity index (χ3n) is 4.92. The zero-order valence-corrected chi connectivity index (χ0v) is 17.0. The van der Waals surface area contributed by atoms with Crippen LogP contribution in [0.3, 0.4) is 0 Å². The van der Waals surface area contributed by atoms with Crippen LogP contribution in [0.2, 0.25) is 0 Å². The number of hydrogen-bond donors (Lipinski definition) is 1. The largest absolute Gasteiger partial charge is 0.311 e. The van der Waals surface area contributed by atoms with Gasteiger partial charge in [-0.25, -0.2) is 14.4 Å². The lowest BCUT2D eigenvalue weighted by atomic mass is 10.2. The number of nitrogens with one attached hydrogen (secondary N) is 1. The number of imidazole rings is 1. The van der Waals surface area contributed by atoms with Gasteiger partial charge in [-0.2, -0.15) is 0 Å². The summed E-state index contributed by atoms with van der Waals surface area (Å²) in [6.07, 6.45) is 5.44. The van der Waals surface area contributed by atoms with Crippen LogP contribution in [-0.2, 0) is 4.79 Å².